The fourth-order valence-corrected chi connectivity index (χ4v) is 2.87. The largest absolute Gasteiger partial charge is 0.324 e. The molecule has 2 N–H and O–H groups in total. The van der Waals surface area contributed by atoms with Crippen molar-refractivity contribution in [3.63, 3.8) is 0 Å². The van der Waals surface area contributed by atoms with Crippen molar-refractivity contribution in [2.45, 2.75) is 31.7 Å². The first-order valence-corrected chi connectivity index (χ1v) is 6.36. The molecule has 0 aliphatic heterocycles. The lowest BCUT2D eigenvalue weighted by Crippen LogP contribution is -2.19. The van der Waals surface area contributed by atoms with Gasteiger partial charge in [0.15, 0.2) is 0 Å². The number of hydrogen-bond acceptors (Lipinski definition) is 1. The summed E-state index contributed by atoms with van der Waals surface area (Å²) in [5, 5.41) is 0. The number of rotatable bonds is 2. The van der Waals surface area contributed by atoms with E-state index in [-0.39, 0.29) is 6.04 Å². The first kappa shape index (κ1) is 10.4. The summed E-state index contributed by atoms with van der Waals surface area (Å²) in [6.45, 7) is 0. The van der Waals surface area contributed by atoms with Crippen molar-refractivity contribution in [3.8, 4) is 0 Å². The third-order valence-corrected chi connectivity index (χ3v) is 3.81. The molecule has 1 aromatic rings. The number of hydrogen-bond donors (Lipinski definition) is 1. The standard InChI is InChI=1S/C12H16IN/c13-11-7-3-6-10(8-11)12(14)9-4-1-2-5-9/h3,6-9,12H,1-2,4-5,14H2. The van der Waals surface area contributed by atoms with E-state index in [1.54, 1.807) is 0 Å². The van der Waals surface area contributed by atoms with Gasteiger partial charge in [0.2, 0.25) is 0 Å². The Bertz CT molecular complexity index is 305. The van der Waals surface area contributed by atoms with Crippen molar-refractivity contribution in [3.05, 3.63) is 33.4 Å². The lowest BCUT2D eigenvalue weighted by Gasteiger charge is -2.19. The van der Waals surface area contributed by atoms with Crippen molar-refractivity contribution in [1.29, 1.82) is 0 Å². The highest BCUT2D eigenvalue weighted by atomic mass is 127. The number of benzene rings is 1. The van der Waals surface area contributed by atoms with Gasteiger partial charge in [-0.15, -0.1) is 0 Å². The van der Waals surface area contributed by atoms with Gasteiger partial charge in [-0.3, -0.25) is 0 Å². The molecule has 1 aliphatic carbocycles. The third-order valence-electron chi connectivity index (χ3n) is 3.14. The van der Waals surface area contributed by atoms with Gasteiger partial charge in [0.05, 0.1) is 0 Å². The lowest BCUT2D eigenvalue weighted by atomic mass is 9.93. The van der Waals surface area contributed by atoms with E-state index in [0.29, 0.717) is 5.92 Å². The van der Waals surface area contributed by atoms with Crippen LogP contribution < -0.4 is 5.73 Å². The van der Waals surface area contributed by atoms with Gasteiger partial charge >= 0.3 is 0 Å². The van der Waals surface area contributed by atoms with Crippen molar-refractivity contribution >= 4 is 22.6 Å². The SMILES string of the molecule is NC(c1cccc(I)c1)C1CCCC1. The van der Waals surface area contributed by atoms with E-state index in [2.05, 4.69) is 46.9 Å². The molecular formula is C12H16IN. The second-order valence-corrected chi connectivity index (χ2v) is 5.37. The summed E-state index contributed by atoms with van der Waals surface area (Å²) < 4.78 is 1.29. The maximum atomic E-state index is 6.27. The molecule has 0 amide bonds. The Morgan fingerprint density at radius 2 is 2.00 bits per heavy atom. The molecule has 1 atom stereocenters. The Hall–Kier alpha value is -0.0900. The minimum absolute atomic E-state index is 0.257. The quantitative estimate of drug-likeness (QED) is 0.832. The highest BCUT2D eigenvalue weighted by Crippen LogP contribution is 2.34. The fourth-order valence-electron chi connectivity index (χ4n) is 2.30. The van der Waals surface area contributed by atoms with Crippen LogP contribution in [0.15, 0.2) is 24.3 Å². The summed E-state index contributed by atoms with van der Waals surface area (Å²) in [6.07, 6.45) is 5.35. The molecule has 0 bridgehead atoms. The van der Waals surface area contributed by atoms with E-state index in [9.17, 15) is 0 Å². The minimum Gasteiger partial charge on any atom is -0.324 e. The van der Waals surface area contributed by atoms with Gasteiger partial charge in [-0.2, -0.15) is 0 Å². The van der Waals surface area contributed by atoms with Gasteiger partial charge in [0.25, 0.3) is 0 Å². The molecule has 0 heterocycles. The van der Waals surface area contributed by atoms with Crippen LogP contribution in [0.2, 0.25) is 0 Å². The second kappa shape index (κ2) is 4.62. The van der Waals surface area contributed by atoms with Gasteiger partial charge in [-0.1, -0.05) is 25.0 Å². The number of nitrogens with two attached hydrogens (primary N) is 1. The Labute approximate surface area is 99.2 Å². The molecule has 0 spiro atoms. The van der Waals surface area contributed by atoms with Crippen LogP contribution in [0, 0.1) is 9.49 Å². The minimum atomic E-state index is 0.257. The summed E-state index contributed by atoms with van der Waals surface area (Å²) in [4.78, 5) is 0. The van der Waals surface area contributed by atoms with E-state index >= 15 is 0 Å². The molecular weight excluding hydrogens is 285 g/mol. The van der Waals surface area contributed by atoms with E-state index in [4.69, 9.17) is 5.73 Å². The van der Waals surface area contributed by atoms with E-state index < -0.39 is 0 Å². The van der Waals surface area contributed by atoms with Gasteiger partial charge < -0.3 is 5.73 Å². The van der Waals surface area contributed by atoms with Gasteiger partial charge in [0.1, 0.15) is 0 Å². The molecule has 0 aromatic heterocycles. The summed E-state index contributed by atoms with van der Waals surface area (Å²) in [6, 6.07) is 8.85. The average molecular weight is 301 g/mol. The normalized spacial score (nSPS) is 19.9. The molecule has 2 rings (SSSR count). The van der Waals surface area contributed by atoms with Crippen LogP contribution in [0.25, 0.3) is 0 Å². The lowest BCUT2D eigenvalue weighted by molar-refractivity contribution is 0.445. The summed E-state index contributed by atoms with van der Waals surface area (Å²) in [5.41, 5.74) is 7.57. The molecule has 2 heteroatoms. The molecule has 1 saturated carbocycles. The van der Waals surface area contributed by atoms with Crippen LogP contribution in [-0.2, 0) is 0 Å². The van der Waals surface area contributed by atoms with Crippen LogP contribution >= 0.6 is 22.6 Å². The molecule has 1 unspecified atom stereocenters. The highest BCUT2D eigenvalue weighted by molar-refractivity contribution is 14.1. The highest BCUT2D eigenvalue weighted by Gasteiger charge is 2.22. The first-order valence-electron chi connectivity index (χ1n) is 5.28. The molecule has 76 valence electrons. The van der Waals surface area contributed by atoms with Crippen LogP contribution in [0.1, 0.15) is 37.3 Å². The zero-order valence-corrected chi connectivity index (χ0v) is 10.4. The maximum Gasteiger partial charge on any atom is 0.0323 e. The predicted molar refractivity (Wildman–Crippen MR) is 68.0 cm³/mol. The Morgan fingerprint density at radius 3 is 2.64 bits per heavy atom. The van der Waals surface area contributed by atoms with Gasteiger partial charge in [-0.25, -0.2) is 0 Å². The molecule has 1 nitrogen and oxygen atoms in total. The summed E-state index contributed by atoms with van der Waals surface area (Å²) >= 11 is 2.35. The summed E-state index contributed by atoms with van der Waals surface area (Å²) in [5.74, 6) is 0.716. The van der Waals surface area contributed by atoms with Crippen LogP contribution in [0.5, 0.6) is 0 Å². The van der Waals surface area contributed by atoms with Crippen molar-refractivity contribution < 1.29 is 0 Å². The molecule has 1 aliphatic rings. The zero-order valence-electron chi connectivity index (χ0n) is 8.25. The monoisotopic (exact) mass is 301 g/mol. The van der Waals surface area contributed by atoms with Crippen molar-refractivity contribution in [2.75, 3.05) is 0 Å². The predicted octanol–water partition coefficient (Wildman–Crippen LogP) is 3.48. The Kier molecular flexibility index (Phi) is 3.44. The van der Waals surface area contributed by atoms with Crippen molar-refractivity contribution in [1.82, 2.24) is 0 Å². The topological polar surface area (TPSA) is 26.0 Å². The molecule has 0 radical (unpaired) electrons. The smallest absolute Gasteiger partial charge is 0.0323 e. The first-order chi connectivity index (χ1) is 6.77. The Morgan fingerprint density at radius 1 is 1.29 bits per heavy atom. The van der Waals surface area contributed by atoms with E-state index in [1.807, 2.05) is 0 Å². The maximum absolute atomic E-state index is 6.27. The van der Waals surface area contributed by atoms with E-state index in [1.165, 1.54) is 34.8 Å². The molecule has 0 saturated heterocycles. The van der Waals surface area contributed by atoms with Crippen LogP contribution in [-0.4, -0.2) is 0 Å². The van der Waals surface area contributed by atoms with Crippen molar-refractivity contribution in [2.24, 2.45) is 11.7 Å². The Balaban J connectivity index is 2.13. The second-order valence-electron chi connectivity index (χ2n) is 4.13. The molecule has 1 aromatic carbocycles. The summed E-state index contributed by atoms with van der Waals surface area (Å²) in [7, 11) is 0. The van der Waals surface area contributed by atoms with Crippen LogP contribution in [0.3, 0.4) is 0 Å². The van der Waals surface area contributed by atoms with Gasteiger partial charge in [0, 0.05) is 9.61 Å². The molecule has 1 fully saturated rings. The fraction of sp³-hybridized carbons (Fsp3) is 0.500. The van der Waals surface area contributed by atoms with E-state index in [0.717, 1.165) is 0 Å². The average Bonchev–Trinajstić information content (AvgIpc) is 2.69. The van der Waals surface area contributed by atoms with Crippen LogP contribution in [0.4, 0.5) is 0 Å². The van der Waals surface area contributed by atoms with Gasteiger partial charge in [-0.05, 0) is 59.0 Å². The third kappa shape index (κ3) is 2.28. The number of halogens is 1. The zero-order chi connectivity index (χ0) is 9.97. The molecule has 14 heavy (non-hydrogen) atoms.